The molecular weight excluding hydrogens is 364 g/mol. The second-order valence-electron chi connectivity index (χ2n) is 6.24. The van der Waals surface area contributed by atoms with E-state index in [0.717, 1.165) is 24.3 Å². The first-order valence-corrected chi connectivity index (χ1v) is 8.15. The van der Waals surface area contributed by atoms with Gasteiger partial charge in [0.15, 0.2) is 5.60 Å². The van der Waals surface area contributed by atoms with Crippen molar-refractivity contribution in [3.63, 3.8) is 0 Å². The van der Waals surface area contributed by atoms with E-state index in [-0.39, 0.29) is 23.9 Å². The predicted octanol–water partition coefficient (Wildman–Crippen LogP) is 4.12. The first-order valence-electron chi connectivity index (χ1n) is 8.15. The van der Waals surface area contributed by atoms with E-state index in [9.17, 15) is 17.6 Å². The maximum atomic E-state index is 14.2. The molecule has 0 bridgehead atoms. The summed E-state index contributed by atoms with van der Waals surface area (Å²) in [4.78, 5) is 4.04. The van der Waals surface area contributed by atoms with Gasteiger partial charge in [-0.25, -0.2) is 22.5 Å². The van der Waals surface area contributed by atoms with Crippen LogP contribution in [0.1, 0.15) is 12.5 Å². The van der Waals surface area contributed by atoms with Crippen LogP contribution in [0.3, 0.4) is 0 Å². The number of hydrogen-bond donors (Lipinski definition) is 0. The molecule has 3 aromatic rings. The fourth-order valence-electron chi connectivity index (χ4n) is 3.01. The Morgan fingerprint density at radius 2 is 1.74 bits per heavy atom. The van der Waals surface area contributed by atoms with Gasteiger partial charge in [-0.15, -0.1) is 0 Å². The van der Waals surface area contributed by atoms with E-state index < -0.39 is 35.0 Å². The topological polar surface area (TPSA) is 39.6 Å². The second kappa shape index (κ2) is 6.38. The van der Waals surface area contributed by atoms with Gasteiger partial charge in [0.2, 0.25) is 0 Å². The molecule has 4 rings (SSSR count). The van der Waals surface area contributed by atoms with Crippen molar-refractivity contribution in [3.05, 3.63) is 77.6 Å². The molecule has 8 heteroatoms. The molecule has 1 aromatic heterocycles. The summed E-state index contributed by atoms with van der Waals surface area (Å²) in [6, 6.07) is 6.39. The highest BCUT2D eigenvalue weighted by atomic mass is 19.1. The van der Waals surface area contributed by atoms with Crippen molar-refractivity contribution in [2.24, 2.45) is 0 Å². The highest BCUT2D eigenvalue weighted by Crippen LogP contribution is 2.44. The van der Waals surface area contributed by atoms with Gasteiger partial charge in [0.1, 0.15) is 29.4 Å². The Labute approximate surface area is 152 Å². The lowest BCUT2D eigenvalue weighted by Crippen LogP contribution is -2.32. The molecule has 1 aliphatic heterocycles. The summed E-state index contributed by atoms with van der Waals surface area (Å²) in [7, 11) is 0. The SMILES string of the molecule is C[C@@H](Oc1nccn1-c1ccc(F)cc1F)[C@@]1(c2ccc(F)cc2F)CO1. The van der Waals surface area contributed by atoms with Gasteiger partial charge in [-0.05, 0) is 25.1 Å². The maximum Gasteiger partial charge on any atom is 0.301 e. The zero-order chi connectivity index (χ0) is 19.2. The third-order valence-electron chi connectivity index (χ3n) is 4.56. The van der Waals surface area contributed by atoms with Gasteiger partial charge in [-0.3, -0.25) is 4.57 Å². The number of hydrogen-bond acceptors (Lipinski definition) is 3. The summed E-state index contributed by atoms with van der Waals surface area (Å²) < 4.78 is 67.1. The Kier molecular flexibility index (Phi) is 4.15. The molecule has 1 fully saturated rings. The van der Waals surface area contributed by atoms with Crippen LogP contribution in [0.15, 0.2) is 48.8 Å². The highest BCUT2D eigenvalue weighted by molar-refractivity contribution is 5.37. The summed E-state index contributed by atoms with van der Waals surface area (Å²) in [5, 5.41) is 0. The van der Waals surface area contributed by atoms with E-state index in [2.05, 4.69) is 4.98 Å². The van der Waals surface area contributed by atoms with Crippen LogP contribution in [-0.2, 0) is 10.3 Å². The molecule has 0 radical (unpaired) electrons. The number of nitrogens with zero attached hydrogens (tertiary/aromatic N) is 2. The monoisotopic (exact) mass is 378 g/mol. The van der Waals surface area contributed by atoms with Crippen molar-refractivity contribution in [1.29, 1.82) is 0 Å². The van der Waals surface area contributed by atoms with Crippen molar-refractivity contribution < 1.29 is 27.0 Å². The Morgan fingerprint density at radius 1 is 1.07 bits per heavy atom. The number of rotatable bonds is 5. The lowest BCUT2D eigenvalue weighted by molar-refractivity contribution is 0.0962. The van der Waals surface area contributed by atoms with E-state index in [4.69, 9.17) is 9.47 Å². The summed E-state index contributed by atoms with van der Waals surface area (Å²) in [6.07, 6.45) is 2.14. The fourth-order valence-corrected chi connectivity index (χ4v) is 3.01. The minimum atomic E-state index is -1.09. The van der Waals surface area contributed by atoms with Gasteiger partial charge in [0.25, 0.3) is 0 Å². The quantitative estimate of drug-likeness (QED) is 0.495. The van der Waals surface area contributed by atoms with Gasteiger partial charge in [0, 0.05) is 30.1 Å². The average Bonchev–Trinajstić information content (AvgIpc) is 3.29. The van der Waals surface area contributed by atoms with Crippen LogP contribution in [0.5, 0.6) is 6.01 Å². The minimum absolute atomic E-state index is 0.0328. The number of halogens is 4. The Hall–Kier alpha value is -2.87. The van der Waals surface area contributed by atoms with Crippen molar-refractivity contribution in [1.82, 2.24) is 9.55 Å². The molecule has 2 heterocycles. The highest BCUT2D eigenvalue weighted by Gasteiger charge is 2.54. The molecular formula is C19H14F4N2O2. The number of benzene rings is 2. The molecule has 0 N–H and O–H groups in total. The van der Waals surface area contributed by atoms with E-state index in [1.165, 1.54) is 29.1 Å². The van der Waals surface area contributed by atoms with Crippen LogP contribution in [0.2, 0.25) is 0 Å². The normalized spacial score (nSPS) is 19.7. The van der Waals surface area contributed by atoms with Gasteiger partial charge in [-0.1, -0.05) is 6.07 Å². The zero-order valence-electron chi connectivity index (χ0n) is 14.1. The minimum Gasteiger partial charge on any atom is -0.458 e. The summed E-state index contributed by atoms with van der Waals surface area (Å²) in [5.41, 5.74) is -0.868. The van der Waals surface area contributed by atoms with E-state index in [0.29, 0.717) is 0 Å². The van der Waals surface area contributed by atoms with Crippen molar-refractivity contribution >= 4 is 0 Å². The van der Waals surface area contributed by atoms with Crippen LogP contribution >= 0.6 is 0 Å². The van der Waals surface area contributed by atoms with E-state index >= 15 is 0 Å². The number of ether oxygens (including phenoxy) is 2. The third-order valence-corrected chi connectivity index (χ3v) is 4.56. The summed E-state index contributed by atoms with van der Waals surface area (Å²) >= 11 is 0. The molecule has 140 valence electrons. The molecule has 0 spiro atoms. The van der Waals surface area contributed by atoms with Gasteiger partial charge >= 0.3 is 6.01 Å². The summed E-state index contributed by atoms with van der Waals surface area (Å²) in [6.45, 7) is 1.83. The van der Waals surface area contributed by atoms with Gasteiger partial charge in [0.05, 0.1) is 12.3 Å². The first kappa shape index (κ1) is 17.5. The number of epoxide rings is 1. The number of aromatic nitrogens is 2. The van der Waals surface area contributed by atoms with Crippen molar-refractivity contribution in [2.45, 2.75) is 18.6 Å². The molecule has 0 aliphatic carbocycles. The van der Waals surface area contributed by atoms with Crippen LogP contribution < -0.4 is 4.74 Å². The second-order valence-corrected chi connectivity index (χ2v) is 6.24. The van der Waals surface area contributed by atoms with Gasteiger partial charge < -0.3 is 9.47 Å². The Bertz CT molecular complexity index is 1000. The molecule has 1 aliphatic rings. The van der Waals surface area contributed by atoms with E-state index in [1.54, 1.807) is 6.92 Å². The standard InChI is InChI=1S/C19H14F4N2O2/c1-11(19(10-26-19)14-4-2-12(20)8-15(14)22)27-18-24-6-7-25(18)17-5-3-13(21)9-16(17)23/h2-9,11H,10H2,1H3/t11-,19-/m1/s1. The van der Waals surface area contributed by atoms with Crippen LogP contribution in [-0.4, -0.2) is 22.3 Å². The first-order chi connectivity index (χ1) is 12.9. The van der Waals surface area contributed by atoms with Crippen LogP contribution in [0, 0.1) is 23.3 Å². The van der Waals surface area contributed by atoms with Crippen LogP contribution in [0.25, 0.3) is 5.69 Å². The van der Waals surface area contributed by atoms with Crippen LogP contribution in [0.4, 0.5) is 17.6 Å². The molecule has 0 unspecified atom stereocenters. The molecule has 1 saturated heterocycles. The summed E-state index contributed by atoms with van der Waals surface area (Å²) in [5.74, 6) is -2.92. The Balaban J connectivity index is 1.63. The molecule has 0 saturated carbocycles. The molecule has 0 amide bonds. The molecule has 4 nitrogen and oxygen atoms in total. The fraction of sp³-hybridized carbons (Fsp3) is 0.211. The Morgan fingerprint density at radius 3 is 2.37 bits per heavy atom. The molecule has 2 aromatic carbocycles. The van der Waals surface area contributed by atoms with Crippen molar-refractivity contribution in [3.8, 4) is 11.7 Å². The predicted molar refractivity (Wildman–Crippen MR) is 87.6 cm³/mol. The average molecular weight is 378 g/mol. The van der Waals surface area contributed by atoms with E-state index in [1.807, 2.05) is 0 Å². The lowest BCUT2D eigenvalue weighted by atomic mass is 9.94. The number of imidazole rings is 1. The van der Waals surface area contributed by atoms with Crippen molar-refractivity contribution in [2.75, 3.05) is 6.61 Å². The molecule has 2 atom stereocenters. The smallest absolute Gasteiger partial charge is 0.301 e. The zero-order valence-corrected chi connectivity index (χ0v) is 14.1. The molecule has 27 heavy (non-hydrogen) atoms. The maximum absolute atomic E-state index is 14.2. The van der Waals surface area contributed by atoms with Gasteiger partial charge in [-0.2, -0.15) is 0 Å². The third kappa shape index (κ3) is 3.06. The lowest BCUT2D eigenvalue weighted by Gasteiger charge is -2.22. The largest absolute Gasteiger partial charge is 0.458 e.